The molecule has 1 fully saturated rings. The van der Waals surface area contributed by atoms with Gasteiger partial charge in [-0.15, -0.1) is 0 Å². The lowest BCUT2D eigenvalue weighted by Gasteiger charge is -2.33. The lowest BCUT2D eigenvalue weighted by Crippen LogP contribution is -2.44. The molecule has 6 heteroatoms. The molecule has 16 heavy (non-hydrogen) atoms. The van der Waals surface area contributed by atoms with Crippen molar-refractivity contribution in [3.63, 3.8) is 0 Å². The van der Waals surface area contributed by atoms with Gasteiger partial charge in [-0.3, -0.25) is 10.1 Å². The van der Waals surface area contributed by atoms with Crippen LogP contribution >= 0.6 is 0 Å². The molecule has 2 rings (SSSR count). The molecular weight excluding hydrogens is 208 g/mol. The number of nitro groups is 1. The van der Waals surface area contributed by atoms with E-state index in [-0.39, 0.29) is 11.7 Å². The lowest BCUT2D eigenvalue weighted by molar-refractivity contribution is -0.385. The van der Waals surface area contributed by atoms with Crippen LogP contribution in [-0.4, -0.2) is 22.0 Å². The van der Waals surface area contributed by atoms with Crippen molar-refractivity contribution >= 4 is 11.5 Å². The minimum atomic E-state index is -0.425. The van der Waals surface area contributed by atoms with E-state index in [9.17, 15) is 10.1 Å². The Balaban J connectivity index is 2.06. The highest BCUT2D eigenvalue weighted by molar-refractivity contribution is 5.45. The summed E-state index contributed by atoms with van der Waals surface area (Å²) in [6.07, 6.45) is 1.86. The smallest absolute Gasteiger partial charge is 0.290 e. The number of pyridine rings is 1. The predicted molar refractivity (Wildman–Crippen MR) is 60.2 cm³/mol. The van der Waals surface area contributed by atoms with E-state index in [1.165, 1.54) is 6.07 Å². The topological polar surface area (TPSA) is 94.1 Å². The minimum Gasteiger partial charge on any atom is -0.367 e. The van der Waals surface area contributed by atoms with Crippen LogP contribution in [0.1, 0.15) is 18.5 Å². The highest BCUT2D eigenvalue weighted by Crippen LogP contribution is 2.23. The highest BCUT2D eigenvalue weighted by Gasteiger charge is 2.26. The Hall–Kier alpha value is -1.69. The molecule has 0 unspecified atom stereocenters. The first-order valence-electron chi connectivity index (χ1n) is 5.20. The summed E-state index contributed by atoms with van der Waals surface area (Å²) in [6.45, 7) is 1.63. The van der Waals surface area contributed by atoms with E-state index < -0.39 is 4.92 Å². The van der Waals surface area contributed by atoms with E-state index in [4.69, 9.17) is 5.73 Å². The third-order valence-corrected chi connectivity index (χ3v) is 2.78. The van der Waals surface area contributed by atoms with Crippen molar-refractivity contribution in [1.29, 1.82) is 0 Å². The molecule has 0 amide bonds. The van der Waals surface area contributed by atoms with Gasteiger partial charge in [0.2, 0.25) is 0 Å². The van der Waals surface area contributed by atoms with Gasteiger partial charge in [-0.2, -0.15) is 0 Å². The van der Waals surface area contributed by atoms with Crippen LogP contribution in [0.2, 0.25) is 0 Å². The summed E-state index contributed by atoms with van der Waals surface area (Å²) < 4.78 is 0. The number of anilines is 1. The molecule has 0 aromatic carbocycles. The molecule has 1 aromatic rings. The van der Waals surface area contributed by atoms with E-state index >= 15 is 0 Å². The Morgan fingerprint density at radius 3 is 2.75 bits per heavy atom. The van der Waals surface area contributed by atoms with Gasteiger partial charge in [0.25, 0.3) is 5.69 Å². The zero-order valence-corrected chi connectivity index (χ0v) is 9.01. The first-order valence-corrected chi connectivity index (χ1v) is 5.20. The van der Waals surface area contributed by atoms with E-state index in [1.54, 1.807) is 13.0 Å². The summed E-state index contributed by atoms with van der Waals surface area (Å²) >= 11 is 0. The van der Waals surface area contributed by atoms with Crippen LogP contribution in [0.5, 0.6) is 0 Å². The highest BCUT2D eigenvalue weighted by atomic mass is 16.6. The molecule has 0 saturated heterocycles. The van der Waals surface area contributed by atoms with Crippen LogP contribution in [0.3, 0.4) is 0 Å². The normalized spacial score (nSPS) is 23.6. The average Bonchev–Trinajstić information content (AvgIpc) is 2.15. The Morgan fingerprint density at radius 2 is 2.25 bits per heavy atom. The zero-order chi connectivity index (χ0) is 11.7. The molecule has 6 nitrogen and oxygen atoms in total. The van der Waals surface area contributed by atoms with Gasteiger partial charge in [0.1, 0.15) is 11.5 Å². The molecule has 0 radical (unpaired) electrons. The van der Waals surface area contributed by atoms with Crippen LogP contribution in [0.4, 0.5) is 11.5 Å². The minimum absolute atomic E-state index is 0.0517. The summed E-state index contributed by atoms with van der Waals surface area (Å²) in [6, 6.07) is 3.73. The Morgan fingerprint density at radius 1 is 1.56 bits per heavy atom. The van der Waals surface area contributed by atoms with Gasteiger partial charge in [0.05, 0.1) is 4.92 Å². The maximum Gasteiger partial charge on any atom is 0.290 e. The fourth-order valence-corrected chi connectivity index (χ4v) is 1.82. The second kappa shape index (κ2) is 4.05. The summed E-state index contributed by atoms with van der Waals surface area (Å²) in [5.41, 5.74) is 6.15. The molecule has 1 aromatic heterocycles. The van der Waals surface area contributed by atoms with Crippen molar-refractivity contribution in [1.82, 2.24) is 4.98 Å². The summed E-state index contributed by atoms with van der Waals surface area (Å²) in [4.78, 5) is 14.3. The summed E-state index contributed by atoms with van der Waals surface area (Å²) in [7, 11) is 0. The molecule has 0 bridgehead atoms. The standard InChI is InChI=1S/C10H14N4O2/c1-6-9(14(15)16)2-3-10(12-6)13-8-4-7(11)5-8/h2-3,7-8H,4-5,11H2,1H3,(H,12,13). The molecule has 86 valence electrons. The Bertz CT molecular complexity index is 415. The molecule has 0 aliphatic heterocycles. The van der Waals surface area contributed by atoms with Gasteiger partial charge in [0, 0.05) is 18.2 Å². The fourth-order valence-electron chi connectivity index (χ4n) is 1.82. The third kappa shape index (κ3) is 2.11. The molecular formula is C10H14N4O2. The monoisotopic (exact) mass is 222 g/mol. The quantitative estimate of drug-likeness (QED) is 0.592. The van der Waals surface area contributed by atoms with Crippen molar-refractivity contribution in [2.45, 2.75) is 31.8 Å². The fraction of sp³-hybridized carbons (Fsp3) is 0.500. The Kier molecular flexibility index (Phi) is 2.74. The van der Waals surface area contributed by atoms with Crippen LogP contribution < -0.4 is 11.1 Å². The molecule has 1 heterocycles. The number of nitrogens with two attached hydrogens (primary N) is 1. The first-order chi connectivity index (χ1) is 7.56. The molecule has 1 aliphatic rings. The summed E-state index contributed by atoms with van der Waals surface area (Å²) in [5.74, 6) is 0.681. The maximum absolute atomic E-state index is 10.6. The van der Waals surface area contributed by atoms with E-state index in [0.29, 0.717) is 17.6 Å². The number of aryl methyl sites for hydroxylation is 1. The molecule has 3 N–H and O–H groups in total. The number of nitrogens with one attached hydrogen (secondary N) is 1. The second-order valence-electron chi connectivity index (χ2n) is 4.13. The van der Waals surface area contributed by atoms with Gasteiger partial charge in [-0.1, -0.05) is 0 Å². The van der Waals surface area contributed by atoms with Crippen molar-refractivity contribution in [3.05, 3.63) is 27.9 Å². The number of nitrogens with zero attached hydrogens (tertiary/aromatic N) is 2. The molecule has 0 atom stereocenters. The third-order valence-electron chi connectivity index (χ3n) is 2.78. The maximum atomic E-state index is 10.6. The lowest BCUT2D eigenvalue weighted by atomic mass is 9.88. The molecule has 1 aliphatic carbocycles. The zero-order valence-electron chi connectivity index (χ0n) is 9.01. The Labute approximate surface area is 93.0 Å². The summed E-state index contributed by atoms with van der Waals surface area (Å²) in [5, 5.41) is 13.8. The van der Waals surface area contributed by atoms with Crippen LogP contribution in [-0.2, 0) is 0 Å². The molecule has 0 spiro atoms. The van der Waals surface area contributed by atoms with Gasteiger partial charge >= 0.3 is 0 Å². The number of aromatic nitrogens is 1. The average molecular weight is 222 g/mol. The van der Waals surface area contributed by atoms with E-state index in [2.05, 4.69) is 10.3 Å². The van der Waals surface area contributed by atoms with Crippen LogP contribution in [0.25, 0.3) is 0 Å². The van der Waals surface area contributed by atoms with Crippen molar-refractivity contribution in [2.75, 3.05) is 5.32 Å². The van der Waals surface area contributed by atoms with Crippen LogP contribution in [0, 0.1) is 17.0 Å². The number of hydrogen-bond donors (Lipinski definition) is 2. The SMILES string of the molecule is Cc1nc(NC2CC(N)C2)ccc1[N+](=O)[O-]. The predicted octanol–water partition coefficient (Wildman–Crippen LogP) is 1.20. The number of hydrogen-bond acceptors (Lipinski definition) is 5. The van der Waals surface area contributed by atoms with Crippen molar-refractivity contribution in [2.24, 2.45) is 5.73 Å². The van der Waals surface area contributed by atoms with Gasteiger partial charge in [-0.05, 0) is 25.8 Å². The second-order valence-corrected chi connectivity index (χ2v) is 4.13. The first kappa shape index (κ1) is 10.8. The number of rotatable bonds is 3. The van der Waals surface area contributed by atoms with Crippen molar-refractivity contribution in [3.8, 4) is 0 Å². The van der Waals surface area contributed by atoms with Gasteiger partial charge in [0.15, 0.2) is 0 Å². The van der Waals surface area contributed by atoms with Gasteiger partial charge in [-0.25, -0.2) is 4.98 Å². The van der Waals surface area contributed by atoms with E-state index in [1.807, 2.05) is 0 Å². The molecule has 1 saturated carbocycles. The van der Waals surface area contributed by atoms with Gasteiger partial charge < -0.3 is 11.1 Å². The van der Waals surface area contributed by atoms with Crippen molar-refractivity contribution < 1.29 is 4.92 Å². The van der Waals surface area contributed by atoms with Crippen LogP contribution in [0.15, 0.2) is 12.1 Å². The van der Waals surface area contributed by atoms with E-state index in [0.717, 1.165) is 12.8 Å². The largest absolute Gasteiger partial charge is 0.367 e.